The summed E-state index contributed by atoms with van der Waals surface area (Å²) in [4.78, 5) is 8.48. The molecule has 0 bridgehead atoms. The molecule has 0 spiro atoms. The molecule has 0 saturated carbocycles. The van der Waals surface area contributed by atoms with Gasteiger partial charge in [-0.05, 0) is 32.0 Å². The second-order valence-electron chi connectivity index (χ2n) is 3.79. The maximum Gasteiger partial charge on any atom is 0.130 e. The van der Waals surface area contributed by atoms with Crippen LogP contribution in [0.4, 0.5) is 5.82 Å². The number of aryl methyl sites for hydroxylation is 1. The Bertz CT molecular complexity index is 562. The van der Waals surface area contributed by atoms with Crippen molar-refractivity contribution in [2.45, 2.75) is 13.8 Å². The highest BCUT2D eigenvalue weighted by atomic mass is 35.5. The van der Waals surface area contributed by atoms with E-state index in [4.69, 9.17) is 28.9 Å². The van der Waals surface area contributed by atoms with Gasteiger partial charge in [0.15, 0.2) is 0 Å². The standard InChI is InChI=1S/C12H11Cl2N3/c1-6-11(16-7(2)17-12(6)15)8-3-9(13)5-10(14)4-8/h3-5H,1-2H3,(H2,15,16,17). The lowest BCUT2D eigenvalue weighted by Gasteiger charge is -2.09. The summed E-state index contributed by atoms with van der Waals surface area (Å²) in [6.07, 6.45) is 0. The van der Waals surface area contributed by atoms with E-state index in [0.717, 1.165) is 16.8 Å². The molecule has 0 aliphatic carbocycles. The number of nitrogens with zero attached hydrogens (tertiary/aromatic N) is 2. The predicted molar refractivity (Wildman–Crippen MR) is 71.4 cm³/mol. The lowest BCUT2D eigenvalue weighted by molar-refractivity contribution is 1.05. The van der Waals surface area contributed by atoms with Crippen molar-refractivity contribution in [2.24, 2.45) is 0 Å². The Kier molecular flexibility index (Phi) is 3.22. The van der Waals surface area contributed by atoms with Gasteiger partial charge in [-0.15, -0.1) is 0 Å². The third-order valence-electron chi connectivity index (χ3n) is 2.43. The quantitative estimate of drug-likeness (QED) is 0.858. The van der Waals surface area contributed by atoms with Crippen LogP contribution >= 0.6 is 23.2 Å². The zero-order valence-electron chi connectivity index (χ0n) is 9.46. The SMILES string of the molecule is Cc1nc(N)c(C)c(-c2cc(Cl)cc(Cl)c2)n1. The average Bonchev–Trinajstić information content (AvgIpc) is 2.22. The van der Waals surface area contributed by atoms with Crippen LogP contribution in [0.3, 0.4) is 0 Å². The molecule has 3 nitrogen and oxygen atoms in total. The number of hydrogen-bond acceptors (Lipinski definition) is 3. The fraction of sp³-hybridized carbons (Fsp3) is 0.167. The van der Waals surface area contributed by atoms with Crippen molar-refractivity contribution >= 4 is 29.0 Å². The predicted octanol–water partition coefficient (Wildman–Crippen LogP) is 3.65. The zero-order valence-corrected chi connectivity index (χ0v) is 11.0. The van der Waals surface area contributed by atoms with E-state index in [9.17, 15) is 0 Å². The highest BCUT2D eigenvalue weighted by Crippen LogP contribution is 2.29. The van der Waals surface area contributed by atoms with E-state index in [-0.39, 0.29) is 0 Å². The van der Waals surface area contributed by atoms with Crippen molar-refractivity contribution in [3.63, 3.8) is 0 Å². The maximum absolute atomic E-state index is 5.97. The van der Waals surface area contributed by atoms with Crippen molar-refractivity contribution < 1.29 is 0 Å². The third-order valence-corrected chi connectivity index (χ3v) is 2.87. The number of benzene rings is 1. The molecule has 0 aliphatic heterocycles. The maximum atomic E-state index is 5.97. The van der Waals surface area contributed by atoms with Crippen LogP contribution in [0.5, 0.6) is 0 Å². The monoisotopic (exact) mass is 267 g/mol. The first-order valence-corrected chi connectivity index (χ1v) is 5.80. The number of nitrogen functional groups attached to an aromatic ring is 1. The van der Waals surface area contributed by atoms with Crippen LogP contribution in [-0.2, 0) is 0 Å². The van der Waals surface area contributed by atoms with E-state index in [1.165, 1.54) is 0 Å². The van der Waals surface area contributed by atoms with Crippen molar-refractivity contribution in [1.29, 1.82) is 0 Å². The molecular weight excluding hydrogens is 257 g/mol. The molecule has 0 aliphatic rings. The molecule has 2 aromatic rings. The van der Waals surface area contributed by atoms with Crippen molar-refractivity contribution in [3.05, 3.63) is 39.6 Å². The van der Waals surface area contributed by atoms with Crippen LogP contribution in [0.2, 0.25) is 10.0 Å². The van der Waals surface area contributed by atoms with Crippen molar-refractivity contribution in [3.8, 4) is 11.3 Å². The second kappa shape index (κ2) is 4.51. The minimum Gasteiger partial charge on any atom is -0.383 e. The van der Waals surface area contributed by atoms with Gasteiger partial charge in [-0.1, -0.05) is 23.2 Å². The van der Waals surface area contributed by atoms with Gasteiger partial charge in [0, 0.05) is 21.2 Å². The summed E-state index contributed by atoms with van der Waals surface area (Å²) in [5.41, 5.74) is 8.25. The Morgan fingerprint density at radius 2 is 1.59 bits per heavy atom. The number of aromatic nitrogens is 2. The van der Waals surface area contributed by atoms with Crippen LogP contribution in [0.15, 0.2) is 18.2 Å². The highest BCUT2D eigenvalue weighted by Gasteiger charge is 2.10. The minimum absolute atomic E-state index is 0.476. The van der Waals surface area contributed by atoms with Gasteiger partial charge in [-0.25, -0.2) is 9.97 Å². The molecule has 17 heavy (non-hydrogen) atoms. The largest absolute Gasteiger partial charge is 0.383 e. The minimum atomic E-state index is 0.476. The van der Waals surface area contributed by atoms with Gasteiger partial charge in [-0.3, -0.25) is 0 Å². The van der Waals surface area contributed by atoms with E-state index < -0.39 is 0 Å². The summed E-state index contributed by atoms with van der Waals surface area (Å²) in [7, 11) is 0. The molecular formula is C12H11Cl2N3. The second-order valence-corrected chi connectivity index (χ2v) is 4.66. The van der Waals surface area contributed by atoms with Gasteiger partial charge >= 0.3 is 0 Å². The number of halogens is 2. The topological polar surface area (TPSA) is 51.8 Å². The number of hydrogen-bond donors (Lipinski definition) is 1. The van der Waals surface area contributed by atoms with E-state index in [2.05, 4.69) is 9.97 Å². The smallest absolute Gasteiger partial charge is 0.130 e. The molecule has 5 heteroatoms. The average molecular weight is 268 g/mol. The normalized spacial score (nSPS) is 10.6. The molecule has 0 unspecified atom stereocenters. The Morgan fingerprint density at radius 3 is 2.18 bits per heavy atom. The molecule has 88 valence electrons. The van der Waals surface area contributed by atoms with Crippen LogP contribution in [0.1, 0.15) is 11.4 Å². The first-order chi connectivity index (χ1) is 7.97. The molecule has 0 fully saturated rings. The molecule has 0 saturated heterocycles. The lowest BCUT2D eigenvalue weighted by atomic mass is 10.1. The zero-order chi connectivity index (χ0) is 12.6. The molecule has 1 aromatic carbocycles. The fourth-order valence-electron chi connectivity index (χ4n) is 1.62. The molecule has 0 amide bonds. The fourth-order valence-corrected chi connectivity index (χ4v) is 2.15. The Balaban J connectivity index is 2.67. The molecule has 0 atom stereocenters. The summed E-state index contributed by atoms with van der Waals surface area (Å²) in [5.74, 6) is 1.10. The van der Waals surface area contributed by atoms with Gasteiger partial charge in [0.2, 0.25) is 0 Å². The molecule has 1 heterocycles. The summed E-state index contributed by atoms with van der Waals surface area (Å²) in [6.45, 7) is 3.67. The number of nitrogens with two attached hydrogens (primary N) is 1. The van der Waals surface area contributed by atoms with Crippen LogP contribution < -0.4 is 5.73 Å². The van der Waals surface area contributed by atoms with Crippen LogP contribution in [0, 0.1) is 13.8 Å². The van der Waals surface area contributed by atoms with Gasteiger partial charge in [0.25, 0.3) is 0 Å². The van der Waals surface area contributed by atoms with E-state index in [1.54, 1.807) is 13.0 Å². The van der Waals surface area contributed by atoms with E-state index in [1.807, 2.05) is 19.1 Å². The Hall–Kier alpha value is -1.32. The molecule has 0 radical (unpaired) electrons. The van der Waals surface area contributed by atoms with E-state index >= 15 is 0 Å². The molecule has 1 aromatic heterocycles. The first kappa shape index (κ1) is 12.1. The number of anilines is 1. The first-order valence-electron chi connectivity index (χ1n) is 5.04. The summed E-state index contributed by atoms with van der Waals surface area (Å²) in [6, 6.07) is 5.29. The van der Waals surface area contributed by atoms with Crippen LogP contribution in [0.25, 0.3) is 11.3 Å². The molecule has 2 N–H and O–H groups in total. The molecule has 2 rings (SSSR count). The van der Waals surface area contributed by atoms with Gasteiger partial charge < -0.3 is 5.73 Å². The summed E-state index contributed by atoms with van der Waals surface area (Å²) in [5, 5.41) is 1.14. The summed E-state index contributed by atoms with van der Waals surface area (Å²) >= 11 is 11.9. The van der Waals surface area contributed by atoms with Crippen molar-refractivity contribution in [1.82, 2.24) is 9.97 Å². The van der Waals surface area contributed by atoms with Crippen molar-refractivity contribution in [2.75, 3.05) is 5.73 Å². The van der Waals surface area contributed by atoms with E-state index in [0.29, 0.717) is 21.7 Å². The lowest BCUT2D eigenvalue weighted by Crippen LogP contribution is -2.02. The van der Waals surface area contributed by atoms with Gasteiger partial charge in [-0.2, -0.15) is 0 Å². The number of rotatable bonds is 1. The third kappa shape index (κ3) is 2.51. The van der Waals surface area contributed by atoms with Crippen LogP contribution in [-0.4, -0.2) is 9.97 Å². The van der Waals surface area contributed by atoms with Gasteiger partial charge in [0.05, 0.1) is 5.69 Å². The Morgan fingerprint density at radius 1 is 1.00 bits per heavy atom. The van der Waals surface area contributed by atoms with Gasteiger partial charge in [0.1, 0.15) is 11.6 Å². The summed E-state index contributed by atoms with van der Waals surface area (Å²) < 4.78 is 0. The Labute approximate surface area is 110 Å². The highest BCUT2D eigenvalue weighted by molar-refractivity contribution is 6.35.